The fourth-order valence-corrected chi connectivity index (χ4v) is 2.61. The van der Waals surface area contributed by atoms with Crippen molar-refractivity contribution in [2.24, 2.45) is 0 Å². The van der Waals surface area contributed by atoms with E-state index in [1.807, 2.05) is 0 Å². The monoisotopic (exact) mass is 286 g/mol. The molecular weight excluding hydrogens is 260 g/mol. The fraction of sp³-hybridized carbons (Fsp3) is 0.929. The van der Waals surface area contributed by atoms with Gasteiger partial charge in [-0.2, -0.15) is 0 Å². The van der Waals surface area contributed by atoms with Crippen LogP contribution in [0.1, 0.15) is 26.2 Å². The minimum Gasteiger partial charge on any atom is -0.386 e. The van der Waals surface area contributed by atoms with Gasteiger partial charge in [-0.15, -0.1) is 0 Å². The minimum absolute atomic E-state index is 0.0545. The summed E-state index contributed by atoms with van der Waals surface area (Å²) in [4.78, 5) is 14.5. The van der Waals surface area contributed by atoms with Crippen LogP contribution in [-0.4, -0.2) is 73.6 Å². The van der Waals surface area contributed by atoms with Crippen LogP contribution < -0.4 is 5.32 Å². The van der Waals surface area contributed by atoms with Crippen LogP contribution in [0.25, 0.3) is 0 Å². The number of amides is 1. The Morgan fingerprint density at radius 3 is 3.00 bits per heavy atom. The maximum atomic E-state index is 12.3. The van der Waals surface area contributed by atoms with E-state index in [9.17, 15) is 9.90 Å². The SMILES string of the molecule is CCCCN1CCOC[C@@H]1C(=O)NC[C@@]1(O)CCOC1. The molecule has 2 fully saturated rings. The van der Waals surface area contributed by atoms with E-state index in [1.165, 1.54) is 0 Å². The molecule has 2 aliphatic heterocycles. The van der Waals surface area contributed by atoms with Gasteiger partial charge in [0.15, 0.2) is 0 Å². The Morgan fingerprint density at radius 2 is 2.30 bits per heavy atom. The molecule has 2 rings (SSSR count). The van der Waals surface area contributed by atoms with E-state index in [1.54, 1.807) is 0 Å². The van der Waals surface area contributed by atoms with Crippen LogP contribution in [0.3, 0.4) is 0 Å². The lowest BCUT2D eigenvalue weighted by Crippen LogP contribution is -2.56. The number of hydrogen-bond donors (Lipinski definition) is 2. The van der Waals surface area contributed by atoms with Crippen molar-refractivity contribution in [3.63, 3.8) is 0 Å². The quantitative estimate of drug-likeness (QED) is 0.705. The molecule has 0 aliphatic carbocycles. The summed E-state index contributed by atoms with van der Waals surface area (Å²) in [5, 5.41) is 13.0. The van der Waals surface area contributed by atoms with Crippen molar-refractivity contribution in [1.29, 1.82) is 0 Å². The average Bonchev–Trinajstić information content (AvgIpc) is 2.90. The summed E-state index contributed by atoms with van der Waals surface area (Å²) in [5.41, 5.74) is -0.903. The third kappa shape index (κ3) is 4.15. The van der Waals surface area contributed by atoms with Crippen LogP contribution in [0.4, 0.5) is 0 Å². The van der Waals surface area contributed by atoms with Crippen molar-refractivity contribution < 1.29 is 19.4 Å². The number of ether oxygens (including phenoxy) is 2. The predicted octanol–water partition coefficient (Wildman–Crippen LogP) is -0.245. The number of aliphatic hydroxyl groups is 1. The summed E-state index contributed by atoms with van der Waals surface area (Å²) < 4.78 is 10.6. The third-order valence-corrected chi connectivity index (χ3v) is 4.02. The van der Waals surface area contributed by atoms with Gasteiger partial charge in [0.1, 0.15) is 11.6 Å². The Hall–Kier alpha value is -0.690. The third-order valence-electron chi connectivity index (χ3n) is 4.02. The van der Waals surface area contributed by atoms with E-state index in [2.05, 4.69) is 17.1 Å². The normalized spacial score (nSPS) is 31.4. The second-order valence-electron chi connectivity index (χ2n) is 5.72. The second-order valence-corrected chi connectivity index (χ2v) is 5.72. The Labute approximate surface area is 120 Å². The number of hydrogen-bond acceptors (Lipinski definition) is 5. The molecule has 0 aromatic heterocycles. The van der Waals surface area contributed by atoms with Crippen LogP contribution in [0, 0.1) is 0 Å². The Kier molecular flexibility index (Phi) is 5.77. The molecule has 0 bridgehead atoms. The van der Waals surface area contributed by atoms with Crippen molar-refractivity contribution in [1.82, 2.24) is 10.2 Å². The van der Waals surface area contributed by atoms with E-state index in [4.69, 9.17) is 9.47 Å². The standard InChI is InChI=1S/C14H26N2O4/c1-2-3-5-16-6-8-19-9-12(16)13(17)15-10-14(18)4-7-20-11-14/h12,18H,2-11H2,1H3,(H,15,17)/t12-,14+/m1/s1. The van der Waals surface area contributed by atoms with Gasteiger partial charge in [-0.3, -0.25) is 9.69 Å². The highest BCUT2D eigenvalue weighted by molar-refractivity contribution is 5.82. The maximum absolute atomic E-state index is 12.3. The fourth-order valence-electron chi connectivity index (χ4n) is 2.61. The summed E-state index contributed by atoms with van der Waals surface area (Å²) in [7, 11) is 0. The van der Waals surface area contributed by atoms with Gasteiger partial charge in [-0.25, -0.2) is 0 Å². The molecule has 6 heteroatoms. The lowest BCUT2D eigenvalue weighted by molar-refractivity contribution is -0.133. The van der Waals surface area contributed by atoms with Crippen molar-refractivity contribution in [3.8, 4) is 0 Å². The molecule has 2 N–H and O–H groups in total. The highest BCUT2D eigenvalue weighted by Crippen LogP contribution is 2.17. The van der Waals surface area contributed by atoms with Crippen LogP contribution in [0.2, 0.25) is 0 Å². The van der Waals surface area contributed by atoms with E-state index >= 15 is 0 Å². The zero-order chi connectivity index (χ0) is 14.4. The number of carbonyl (C=O) groups is 1. The van der Waals surface area contributed by atoms with Crippen LogP contribution >= 0.6 is 0 Å². The van der Waals surface area contributed by atoms with Gasteiger partial charge in [0.2, 0.25) is 5.91 Å². The molecular formula is C14H26N2O4. The molecule has 0 radical (unpaired) electrons. The summed E-state index contributed by atoms with van der Waals surface area (Å²) in [6.45, 7) is 6.09. The van der Waals surface area contributed by atoms with Gasteiger partial charge in [0, 0.05) is 26.1 Å². The van der Waals surface area contributed by atoms with E-state index < -0.39 is 5.60 Å². The molecule has 0 spiro atoms. The topological polar surface area (TPSA) is 71.0 Å². The lowest BCUT2D eigenvalue weighted by atomic mass is 10.0. The lowest BCUT2D eigenvalue weighted by Gasteiger charge is -2.35. The number of carbonyl (C=O) groups excluding carboxylic acids is 1. The predicted molar refractivity (Wildman–Crippen MR) is 74.5 cm³/mol. The highest BCUT2D eigenvalue weighted by atomic mass is 16.5. The van der Waals surface area contributed by atoms with Crippen molar-refractivity contribution >= 4 is 5.91 Å². The molecule has 6 nitrogen and oxygen atoms in total. The number of nitrogens with zero attached hydrogens (tertiary/aromatic N) is 1. The average molecular weight is 286 g/mol. The summed E-state index contributed by atoms with van der Waals surface area (Å²) in [6.07, 6.45) is 2.78. The number of unbranched alkanes of at least 4 members (excludes halogenated alkanes) is 1. The second kappa shape index (κ2) is 7.36. The summed E-state index contributed by atoms with van der Waals surface area (Å²) >= 11 is 0. The zero-order valence-corrected chi connectivity index (χ0v) is 12.3. The molecule has 2 heterocycles. The smallest absolute Gasteiger partial charge is 0.239 e. The molecule has 2 aliphatic rings. The van der Waals surface area contributed by atoms with Gasteiger partial charge in [0.05, 0.1) is 19.8 Å². The molecule has 0 unspecified atom stereocenters. The molecule has 0 aromatic carbocycles. The van der Waals surface area contributed by atoms with Gasteiger partial charge >= 0.3 is 0 Å². The summed E-state index contributed by atoms with van der Waals surface area (Å²) in [5.74, 6) is -0.0545. The van der Waals surface area contributed by atoms with Crippen molar-refractivity contribution in [2.45, 2.75) is 37.8 Å². The largest absolute Gasteiger partial charge is 0.386 e. The molecule has 116 valence electrons. The zero-order valence-electron chi connectivity index (χ0n) is 12.3. The van der Waals surface area contributed by atoms with Gasteiger partial charge in [0.25, 0.3) is 0 Å². The van der Waals surface area contributed by atoms with Crippen LogP contribution in [0.15, 0.2) is 0 Å². The van der Waals surface area contributed by atoms with Gasteiger partial charge < -0.3 is 19.9 Å². The Bertz CT molecular complexity index is 318. The molecule has 0 aromatic rings. The molecule has 0 saturated carbocycles. The number of rotatable bonds is 6. The molecule has 2 atom stereocenters. The first kappa shape index (κ1) is 15.7. The maximum Gasteiger partial charge on any atom is 0.239 e. The Balaban J connectivity index is 1.82. The highest BCUT2D eigenvalue weighted by Gasteiger charge is 2.35. The minimum atomic E-state index is -0.903. The van der Waals surface area contributed by atoms with Crippen molar-refractivity contribution in [2.75, 3.05) is 46.1 Å². The van der Waals surface area contributed by atoms with E-state index in [-0.39, 0.29) is 18.5 Å². The molecule has 1 amide bonds. The number of nitrogens with one attached hydrogen (secondary N) is 1. The molecule has 2 saturated heterocycles. The van der Waals surface area contributed by atoms with E-state index in [0.29, 0.717) is 32.8 Å². The van der Waals surface area contributed by atoms with Crippen LogP contribution in [-0.2, 0) is 14.3 Å². The van der Waals surface area contributed by atoms with Crippen molar-refractivity contribution in [3.05, 3.63) is 0 Å². The van der Waals surface area contributed by atoms with Gasteiger partial charge in [-0.05, 0) is 13.0 Å². The first-order valence-corrected chi connectivity index (χ1v) is 7.54. The molecule has 20 heavy (non-hydrogen) atoms. The summed E-state index contributed by atoms with van der Waals surface area (Å²) in [6, 6.07) is -0.235. The van der Waals surface area contributed by atoms with E-state index in [0.717, 1.165) is 25.9 Å². The van der Waals surface area contributed by atoms with Crippen LogP contribution in [0.5, 0.6) is 0 Å². The first-order valence-electron chi connectivity index (χ1n) is 7.54. The van der Waals surface area contributed by atoms with Gasteiger partial charge in [-0.1, -0.05) is 13.3 Å². The number of morpholine rings is 1. The first-order chi connectivity index (χ1) is 9.64. The Morgan fingerprint density at radius 1 is 1.45 bits per heavy atom.